The van der Waals surface area contributed by atoms with Crippen molar-refractivity contribution in [3.05, 3.63) is 12.2 Å². The summed E-state index contributed by atoms with van der Waals surface area (Å²) in [4.78, 5) is 29.0. The van der Waals surface area contributed by atoms with Crippen LogP contribution in [0.1, 0.15) is 13.3 Å². The van der Waals surface area contributed by atoms with E-state index in [-0.39, 0.29) is 0 Å². The van der Waals surface area contributed by atoms with E-state index in [0.29, 0.717) is 12.7 Å². The van der Waals surface area contributed by atoms with Crippen LogP contribution in [0.5, 0.6) is 0 Å². The molecule has 0 atom stereocenters. The normalized spacial score (nSPS) is 10.1. The fraction of sp³-hybridized carbons (Fsp3) is 0.429. The third kappa shape index (κ3) is 6.76. The van der Waals surface area contributed by atoms with E-state index in [1.807, 2.05) is 6.92 Å². The molecule has 0 aliphatic rings. The second-order valence-electron chi connectivity index (χ2n) is 1.90. The van der Waals surface area contributed by atoms with Crippen LogP contribution in [0.3, 0.4) is 0 Å². The molecule has 0 spiro atoms. The Labute approximate surface area is 69.5 Å². The van der Waals surface area contributed by atoms with Gasteiger partial charge in [0.1, 0.15) is 0 Å². The molecule has 0 heterocycles. The van der Waals surface area contributed by atoms with Gasteiger partial charge in [-0.05, 0) is 6.42 Å². The molecule has 0 amide bonds. The zero-order chi connectivity index (χ0) is 9.40. The van der Waals surface area contributed by atoms with Gasteiger partial charge in [-0.25, -0.2) is 9.59 Å². The maximum Gasteiger partial charge on any atom is 0.366 e. The Balaban J connectivity index is 3.53. The minimum atomic E-state index is -1.21. The summed E-state index contributed by atoms with van der Waals surface area (Å²) in [7, 11) is 0. The van der Waals surface area contributed by atoms with Gasteiger partial charge in [-0.1, -0.05) is 6.92 Å². The highest BCUT2D eigenvalue weighted by atomic mass is 17.2. The van der Waals surface area contributed by atoms with Crippen molar-refractivity contribution in [2.45, 2.75) is 13.3 Å². The number of aliphatic carboxylic acids is 1. The fourth-order valence-electron chi connectivity index (χ4n) is 0.350. The first kappa shape index (κ1) is 10.6. The first-order valence-corrected chi connectivity index (χ1v) is 3.41. The molecule has 1 N–H and O–H groups in total. The lowest BCUT2D eigenvalue weighted by molar-refractivity contribution is -0.267. The highest BCUT2D eigenvalue weighted by molar-refractivity contribution is 5.90. The van der Waals surface area contributed by atoms with E-state index in [4.69, 9.17) is 5.11 Å². The van der Waals surface area contributed by atoms with E-state index in [0.717, 1.165) is 12.5 Å². The van der Waals surface area contributed by atoms with Gasteiger partial charge in [0, 0.05) is 12.2 Å². The summed E-state index contributed by atoms with van der Waals surface area (Å²) in [6.45, 7) is 2.15. The minimum Gasteiger partial charge on any atom is -0.478 e. The van der Waals surface area contributed by atoms with Crippen LogP contribution in [-0.2, 0) is 19.4 Å². The summed E-state index contributed by atoms with van der Waals surface area (Å²) in [5.41, 5.74) is 0. The van der Waals surface area contributed by atoms with Crippen LogP contribution in [0.2, 0.25) is 0 Å². The van der Waals surface area contributed by atoms with Crippen LogP contribution in [-0.4, -0.2) is 23.7 Å². The van der Waals surface area contributed by atoms with Gasteiger partial charge in [0.15, 0.2) is 0 Å². The van der Waals surface area contributed by atoms with Gasteiger partial charge in [-0.2, -0.15) is 4.89 Å². The van der Waals surface area contributed by atoms with Gasteiger partial charge < -0.3 is 5.11 Å². The number of hydrogen-bond acceptors (Lipinski definition) is 4. The predicted octanol–water partition coefficient (Wildman–Crippen LogP) is 0.512. The largest absolute Gasteiger partial charge is 0.478 e. The molecule has 0 radical (unpaired) electrons. The average Bonchev–Trinajstić information content (AvgIpc) is 2.01. The molecule has 0 bridgehead atoms. The lowest BCUT2D eigenvalue weighted by Crippen LogP contribution is -2.03. The minimum absolute atomic E-state index is 0.298. The van der Waals surface area contributed by atoms with Crippen molar-refractivity contribution in [2.75, 3.05) is 6.61 Å². The van der Waals surface area contributed by atoms with Gasteiger partial charge >= 0.3 is 11.9 Å². The number of carbonyl (C=O) groups excluding carboxylic acids is 1. The first-order chi connectivity index (χ1) is 5.66. The summed E-state index contributed by atoms with van der Waals surface area (Å²) in [5.74, 6) is -2.03. The van der Waals surface area contributed by atoms with Gasteiger partial charge in [-0.15, -0.1) is 0 Å². The van der Waals surface area contributed by atoms with Crippen LogP contribution < -0.4 is 0 Å². The van der Waals surface area contributed by atoms with Crippen molar-refractivity contribution in [3.63, 3.8) is 0 Å². The van der Waals surface area contributed by atoms with Crippen molar-refractivity contribution >= 4 is 11.9 Å². The Hall–Kier alpha value is -1.36. The van der Waals surface area contributed by atoms with E-state index < -0.39 is 11.9 Å². The first-order valence-electron chi connectivity index (χ1n) is 3.41. The molecule has 0 saturated heterocycles. The number of carboxylic acids is 1. The standard InChI is InChI=1S/C7H10O5/c1-2-5-11-12-7(10)4-3-6(8)9/h3-4H,2,5H2,1H3,(H,8,9)/b4-3+. The molecule has 68 valence electrons. The molecule has 0 aliphatic heterocycles. The molecule has 0 fully saturated rings. The molecule has 0 aromatic carbocycles. The summed E-state index contributed by atoms with van der Waals surface area (Å²) in [6, 6.07) is 0. The highest BCUT2D eigenvalue weighted by Gasteiger charge is 1.97. The molecule has 0 aliphatic carbocycles. The second-order valence-corrected chi connectivity index (χ2v) is 1.90. The number of hydrogen-bond donors (Lipinski definition) is 1. The Morgan fingerprint density at radius 1 is 1.42 bits per heavy atom. The molecular weight excluding hydrogens is 164 g/mol. The molecule has 0 rings (SSSR count). The van der Waals surface area contributed by atoms with Crippen LogP contribution in [0.4, 0.5) is 0 Å². The lowest BCUT2D eigenvalue weighted by atomic mass is 10.5. The Morgan fingerprint density at radius 2 is 2.08 bits per heavy atom. The molecule has 0 unspecified atom stereocenters. The average molecular weight is 174 g/mol. The third-order valence-electron chi connectivity index (χ3n) is 0.791. The molecule has 5 heteroatoms. The highest BCUT2D eigenvalue weighted by Crippen LogP contribution is 1.86. The van der Waals surface area contributed by atoms with Gasteiger partial charge in [0.25, 0.3) is 0 Å². The third-order valence-corrected chi connectivity index (χ3v) is 0.791. The van der Waals surface area contributed by atoms with Crippen molar-refractivity contribution in [1.29, 1.82) is 0 Å². The van der Waals surface area contributed by atoms with Crippen LogP contribution in [0, 0.1) is 0 Å². The molecule has 0 aromatic heterocycles. The van der Waals surface area contributed by atoms with Crippen molar-refractivity contribution in [2.24, 2.45) is 0 Å². The van der Waals surface area contributed by atoms with Crippen molar-refractivity contribution in [1.82, 2.24) is 0 Å². The smallest absolute Gasteiger partial charge is 0.366 e. The lowest BCUT2D eigenvalue weighted by Gasteiger charge is -1.96. The zero-order valence-corrected chi connectivity index (χ0v) is 6.65. The Kier molecular flexibility index (Phi) is 5.64. The monoisotopic (exact) mass is 174 g/mol. The van der Waals surface area contributed by atoms with E-state index >= 15 is 0 Å². The summed E-state index contributed by atoms with van der Waals surface area (Å²) in [6.07, 6.45) is 2.17. The fourth-order valence-corrected chi connectivity index (χ4v) is 0.350. The Bertz CT molecular complexity index is 184. The molecule has 5 nitrogen and oxygen atoms in total. The van der Waals surface area contributed by atoms with Crippen molar-refractivity contribution < 1.29 is 24.5 Å². The number of rotatable bonds is 5. The SMILES string of the molecule is CCCOOC(=O)/C=C/C(=O)O. The zero-order valence-electron chi connectivity index (χ0n) is 6.65. The van der Waals surface area contributed by atoms with Gasteiger partial charge in [-0.3, -0.25) is 4.89 Å². The number of carboxylic acid groups (broad SMARTS) is 1. The summed E-state index contributed by atoms with van der Waals surface area (Å²) < 4.78 is 0. The quantitative estimate of drug-likeness (QED) is 0.284. The van der Waals surface area contributed by atoms with Crippen LogP contribution in [0.25, 0.3) is 0 Å². The van der Waals surface area contributed by atoms with Crippen LogP contribution >= 0.6 is 0 Å². The maximum atomic E-state index is 10.5. The topological polar surface area (TPSA) is 72.8 Å². The second kappa shape index (κ2) is 6.36. The van der Waals surface area contributed by atoms with Crippen LogP contribution in [0.15, 0.2) is 12.2 Å². The molecule has 0 aromatic rings. The summed E-state index contributed by atoms with van der Waals surface area (Å²) in [5, 5.41) is 8.10. The molecule has 0 saturated carbocycles. The Morgan fingerprint density at radius 3 is 2.58 bits per heavy atom. The van der Waals surface area contributed by atoms with E-state index in [2.05, 4.69) is 9.78 Å². The van der Waals surface area contributed by atoms with Crippen molar-refractivity contribution in [3.8, 4) is 0 Å². The summed E-state index contributed by atoms with van der Waals surface area (Å²) >= 11 is 0. The predicted molar refractivity (Wildman–Crippen MR) is 39.1 cm³/mol. The van der Waals surface area contributed by atoms with Gasteiger partial charge in [0.2, 0.25) is 0 Å². The number of carbonyl (C=O) groups is 2. The van der Waals surface area contributed by atoms with E-state index in [9.17, 15) is 9.59 Å². The molecular formula is C7H10O5. The molecule has 12 heavy (non-hydrogen) atoms. The maximum absolute atomic E-state index is 10.5. The van der Waals surface area contributed by atoms with E-state index in [1.54, 1.807) is 0 Å². The van der Waals surface area contributed by atoms with E-state index in [1.165, 1.54) is 0 Å². The van der Waals surface area contributed by atoms with Gasteiger partial charge in [0.05, 0.1) is 6.61 Å².